The van der Waals surface area contributed by atoms with Crippen molar-refractivity contribution in [2.45, 2.75) is 44.6 Å². The molecule has 0 unspecified atom stereocenters. The SMILES string of the molecule is CC(C)(C)c1ccc([C@@H]2Nc3ccc(C(=O)O)cc3[C@@H]3C=CC[C@H]32)cc1. The molecule has 0 aromatic heterocycles. The Morgan fingerprint density at radius 3 is 2.50 bits per heavy atom. The number of carbonyl (C=O) groups is 1. The number of fused-ring (bicyclic) bond motifs is 3. The van der Waals surface area contributed by atoms with Crippen LogP contribution in [0.4, 0.5) is 5.69 Å². The fourth-order valence-corrected chi connectivity index (χ4v) is 4.25. The van der Waals surface area contributed by atoms with Crippen molar-refractivity contribution in [1.82, 2.24) is 0 Å². The highest BCUT2D eigenvalue weighted by Crippen LogP contribution is 2.50. The number of hydrogen-bond donors (Lipinski definition) is 2. The third-order valence-corrected chi connectivity index (χ3v) is 5.75. The van der Waals surface area contributed by atoms with Crippen molar-refractivity contribution in [2.75, 3.05) is 5.32 Å². The molecule has 134 valence electrons. The molecule has 0 amide bonds. The first-order chi connectivity index (χ1) is 12.3. The molecular weight excluding hydrogens is 322 g/mol. The quantitative estimate of drug-likeness (QED) is 0.704. The largest absolute Gasteiger partial charge is 0.478 e. The van der Waals surface area contributed by atoms with Crippen LogP contribution in [0.15, 0.2) is 54.6 Å². The normalized spacial score (nSPS) is 23.9. The maximum Gasteiger partial charge on any atom is 0.335 e. The number of aromatic carboxylic acids is 1. The summed E-state index contributed by atoms with van der Waals surface area (Å²) in [5.74, 6) is -0.170. The average molecular weight is 347 g/mol. The van der Waals surface area contributed by atoms with Gasteiger partial charge in [-0.1, -0.05) is 57.2 Å². The van der Waals surface area contributed by atoms with E-state index in [-0.39, 0.29) is 17.4 Å². The summed E-state index contributed by atoms with van der Waals surface area (Å²) in [4.78, 5) is 11.3. The molecule has 0 saturated carbocycles. The highest BCUT2D eigenvalue weighted by atomic mass is 16.4. The van der Waals surface area contributed by atoms with Gasteiger partial charge in [0.2, 0.25) is 0 Å². The number of carboxylic acid groups (broad SMARTS) is 1. The van der Waals surface area contributed by atoms with E-state index in [0.717, 1.165) is 17.7 Å². The van der Waals surface area contributed by atoms with Gasteiger partial charge in [0.15, 0.2) is 0 Å². The van der Waals surface area contributed by atoms with E-state index >= 15 is 0 Å². The van der Waals surface area contributed by atoms with Gasteiger partial charge in [0.05, 0.1) is 11.6 Å². The predicted octanol–water partition coefficient (Wildman–Crippen LogP) is 5.51. The van der Waals surface area contributed by atoms with Gasteiger partial charge in [-0.05, 0) is 52.6 Å². The minimum absolute atomic E-state index is 0.149. The molecule has 2 aromatic rings. The predicted molar refractivity (Wildman–Crippen MR) is 105 cm³/mol. The zero-order valence-corrected chi connectivity index (χ0v) is 15.5. The molecule has 4 rings (SSSR count). The Labute approximate surface area is 154 Å². The Hall–Kier alpha value is -2.55. The number of nitrogens with one attached hydrogen (secondary N) is 1. The van der Waals surface area contributed by atoms with E-state index < -0.39 is 5.97 Å². The van der Waals surface area contributed by atoms with E-state index in [1.165, 1.54) is 11.1 Å². The Kier molecular flexibility index (Phi) is 3.91. The second kappa shape index (κ2) is 6.01. The van der Waals surface area contributed by atoms with E-state index in [4.69, 9.17) is 0 Å². The molecule has 3 heteroatoms. The lowest BCUT2D eigenvalue weighted by molar-refractivity contribution is 0.0696. The smallest absolute Gasteiger partial charge is 0.335 e. The monoisotopic (exact) mass is 347 g/mol. The molecule has 1 aliphatic heterocycles. The fraction of sp³-hybridized carbons (Fsp3) is 0.348. The molecule has 1 aliphatic carbocycles. The number of allylic oxidation sites excluding steroid dienone is 2. The van der Waals surface area contributed by atoms with Gasteiger partial charge in [-0.25, -0.2) is 4.79 Å². The number of anilines is 1. The Bertz CT molecular complexity index is 874. The third-order valence-electron chi connectivity index (χ3n) is 5.75. The van der Waals surface area contributed by atoms with Gasteiger partial charge < -0.3 is 10.4 Å². The average Bonchev–Trinajstić information content (AvgIpc) is 3.10. The zero-order chi connectivity index (χ0) is 18.5. The summed E-state index contributed by atoms with van der Waals surface area (Å²) < 4.78 is 0. The van der Waals surface area contributed by atoms with Crippen molar-refractivity contribution in [3.05, 3.63) is 76.9 Å². The molecule has 2 N–H and O–H groups in total. The minimum Gasteiger partial charge on any atom is -0.478 e. The molecule has 0 bridgehead atoms. The van der Waals surface area contributed by atoms with Crippen LogP contribution in [0.25, 0.3) is 0 Å². The van der Waals surface area contributed by atoms with Crippen molar-refractivity contribution in [3.63, 3.8) is 0 Å². The molecule has 0 radical (unpaired) electrons. The van der Waals surface area contributed by atoms with Crippen LogP contribution in [0.3, 0.4) is 0 Å². The lowest BCUT2D eigenvalue weighted by Crippen LogP contribution is -2.29. The summed E-state index contributed by atoms with van der Waals surface area (Å²) >= 11 is 0. The maximum absolute atomic E-state index is 11.3. The molecule has 26 heavy (non-hydrogen) atoms. The highest BCUT2D eigenvalue weighted by Gasteiger charge is 2.38. The van der Waals surface area contributed by atoms with Crippen LogP contribution in [0.5, 0.6) is 0 Å². The van der Waals surface area contributed by atoms with Crippen molar-refractivity contribution in [3.8, 4) is 0 Å². The second-order valence-corrected chi connectivity index (χ2v) is 8.45. The Balaban J connectivity index is 1.70. The number of hydrogen-bond acceptors (Lipinski definition) is 2. The van der Waals surface area contributed by atoms with Gasteiger partial charge in [0.1, 0.15) is 0 Å². The number of rotatable bonds is 2. The molecule has 0 fully saturated rings. The van der Waals surface area contributed by atoms with Crippen LogP contribution in [0, 0.1) is 5.92 Å². The molecule has 3 nitrogen and oxygen atoms in total. The van der Waals surface area contributed by atoms with Crippen molar-refractivity contribution in [1.29, 1.82) is 0 Å². The van der Waals surface area contributed by atoms with Crippen LogP contribution >= 0.6 is 0 Å². The van der Waals surface area contributed by atoms with Crippen LogP contribution in [0.1, 0.15) is 66.2 Å². The molecule has 1 heterocycles. The second-order valence-electron chi connectivity index (χ2n) is 8.45. The topological polar surface area (TPSA) is 49.3 Å². The Morgan fingerprint density at radius 1 is 1.12 bits per heavy atom. The van der Waals surface area contributed by atoms with Crippen LogP contribution in [-0.2, 0) is 5.41 Å². The van der Waals surface area contributed by atoms with Crippen molar-refractivity contribution >= 4 is 11.7 Å². The van der Waals surface area contributed by atoms with Crippen LogP contribution in [-0.4, -0.2) is 11.1 Å². The molecule has 0 spiro atoms. The molecule has 0 saturated heterocycles. The van der Waals surface area contributed by atoms with Crippen molar-refractivity contribution < 1.29 is 9.90 Å². The summed E-state index contributed by atoms with van der Waals surface area (Å²) in [6.07, 6.45) is 5.49. The first kappa shape index (κ1) is 16.9. The van der Waals surface area contributed by atoms with Gasteiger partial charge >= 0.3 is 5.97 Å². The standard InChI is InChI=1S/C23H25NO2/c1-23(2,3)16-10-7-14(8-11-16)21-18-6-4-5-17(18)19-13-15(22(25)26)9-12-20(19)24-21/h4-5,7-13,17-18,21,24H,6H2,1-3H3,(H,25,26)/t17-,18-,21+/m1/s1. The fourth-order valence-electron chi connectivity index (χ4n) is 4.25. The summed E-state index contributed by atoms with van der Waals surface area (Å²) in [5.41, 5.74) is 5.29. The lowest BCUT2D eigenvalue weighted by atomic mass is 9.76. The van der Waals surface area contributed by atoms with E-state index in [1.807, 2.05) is 12.1 Å². The van der Waals surface area contributed by atoms with Gasteiger partial charge in [0.25, 0.3) is 0 Å². The van der Waals surface area contributed by atoms with E-state index in [9.17, 15) is 9.90 Å². The van der Waals surface area contributed by atoms with Gasteiger partial charge in [-0.15, -0.1) is 0 Å². The number of carboxylic acids is 1. The minimum atomic E-state index is -0.869. The van der Waals surface area contributed by atoms with E-state index in [0.29, 0.717) is 11.5 Å². The zero-order valence-electron chi connectivity index (χ0n) is 15.5. The van der Waals surface area contributed by atoms with Gasteiger partial charge in [0, 0.05) is 11.6 Å². The highest BCUT2D eigenvalue weighted by molar-refractivity contribution is 5.89. The summed E-state index contributed by atoms with van der Waals surface area (Å²) in [6, 6.07) is 14.6. The molecule has 3 atom stereocenters. The summed E-state index contributed by atoms with van der Waals surface area (Å²) in [5, 5.41) is 13.0. The van der Waals surface area contributed by atoms with Gasteiger partial charge in [-0.2, -0.15) is 0 Å². The third kappa shape index (κ3) is 2.82. The molecule has 2 aliphatic rings. The molecular formula is C23H25NO2. The van der Waals surface area contributed by atoms with E-state index in [1.54, 1.807) is 6.07 Å². The van der Waals surface area contributed by atoms with Gasteiger partial charge in [-0.3, -0.25) is 0 Å². The van der Waals surface area contributed by atoms with E-state index in [2.05, 4.69) is 62.5 Å². The van der Waals surface area contributed by atoms with Crippen LogP contribution in [0.2, 0.25) is 0 Å². The van der Waals surface area contributed by atoms with Crippen molar-refractivity contribution in [2.24, 2.45) is 5.92 Å². The first-order valence-electron chi connectivity index (χ1n) is 9.25. The summed E-state index contributed by atoms with van der Waals surface area (Å²) in [6.45, 7) is 6.69. The number of benzene rings is 2. The Morgan fingerprint density at radius 2 is 1.85 bits per heavy atom. The maximum atomic E-state index is 11.3. The first-order valence-corrected chi connectivity index (χ1v) is 9.25. The lowest BCUT2D eigenvalue weighted by Gasteiger charge is -2.38. The molecule has 2 aromatic carbocycles. The summed E-state index contributed by atoms with van der Waals surface area (Å²) in [7, 11) is 0. The van der Waals surface area contributed by atoms with Crippen LogP contribution < -0.4 is 5.32 Å².